The maximum absolute atomic E-state index is 11.8. The van der Waals surface area contributed by atoms with Gasteiger partial charge in [0.1, 0.15) is 12.7 Å². The number of piperidine rings is 1. The average Bonchev–Trinajstić information content (AvgIpc) is 2.90. The number of hydrogen-bond acceptors (Lipinski definition) is 5. The van der Waals surface area contributed by atoms with Gasteiger partial charge in [-0.3, -0.25) is 4.79 Å². The number of benzene rings is 1. The molecule has 3 aliphatic rings. The molecule has 5 nitrogen and oxygen atoms in total. The highest BCUT2D eigenvalue weighted by atomic mass is 32.2. The van der Waals surface area contributed by atoms with Crippen molar-refractivity contribution in [2.24, 2.45) is 0 Å². The lowest BCUT2D eigenvalue weighted by molar-refractivity contribution is -0.129. The van der Waals surface area contributed by atoms with E-state index in [0.29, 0.717) is 12.4 Å². The lowest BCUT2D eigenvalue weighted by atomic mass is 10.0. The van der Waals surface area contributed by atoms with Gasteiger partial charge < -0.3 is 19.3 Å². The summed E-state index contributed by atoms with van der Waals surface area (Å²) < 4.78 is 11.8. The van der Waals surface area contributed by atoms with Crippen molar-refractivity contribution in [2.75, 3.05) is 39.0 Å². The normalized spacial score (nSPS) is 26.1. The van der Waals surface area contributed by atoms with Crippen LogP contribution in [0.3, 0.4) is 0 Å². The summed E-state index contributed by atoms with van der Waals surface area (Å²) in [7, 11) is 1.96. The van der Waals surface area contributed by atoms with Crippen molar-refractivity contribution in [3.63, 3.8) is 0 Å². The van der Waals surface area contributed by atoms with E-state index in [4.69, 9.17) is 9.47 Å². The predicted octanol–water partition coefficient (Wildman–Crippen LogP) is 2.21. The Hall–Kier alpha value is -1.40. The minimum atomic E-state index is 0.0526. The molecule has 3 aliphatic heterocycles. The molecule has 1 aromatic rings. The first-order chi connectivity index (χ1) is 11.7. The van der Waals surface area contributed by atoms with Crippen LogP contribution in [-0.4, -0.2) is 65.7 Å². The van der Waals surface area contributed by atoms with Gasteiger partial charge in [-0.25, -0.2) is 0 Å². The number of nitrogens with zero attached hydrogens (tertiary/aromatic N) is 2. The van der Waals surface area contributed by atoms with E-state index in [0.717, 1.165) is 50.4 Å². The standard InChI is InChI=1S/C18H24N2O3S/c1-19-17(21)13-24-18(19)7-10-20(11-8-18)9-6-14-12-22-15-4-2-3-5-16(15)23-14/h2-5,14H,6-13H2,1H3. The molecule has 0 saturated carbocycles. The number of ether oxygens (including phenoxy) is 2. The van der Waals surface area contributed by atoms with Gasteiger partial charge in [0.05, 0.1) is 10.6 Å². The van der Waals surface area contributed by atoms with Crippen molar-refractivity contribution < 1.29 is 14.3 Å². The molecular weight excluding hydrogens is 324 g/mol. The molecule has 2 saturated heterocycles. The van der Waals surface area contributed by atoms with Gasteiger partial charge in [-0.05, 0) is 25.0 Å². The van der Waals surface area contributed by atoms with Crippen molar-refractivity contribution in [2.45, 2.75) is 30.2 Å². The maximum Gasteiger partial charge on any atom is 0.233 e. The number of para-hydroxylation sites is 2. The number of thioether (sulfide) groups is 1. The molecule has 1 amide bonds. The maximum atomic E-state index is 11.8. The number of carbonyl (C=O) groups is 1. The second-order valence-electron chi connectivity index (χ2n) is 6.82. The number of amides is 1. The van der Waals surface area contributed by atoms with E-state index in [1.807, 2.05) is 48.0 Å². The Balaban J connectivity index is 1.26. The van der Waals surface area contributed by atoms with Gasteiger partial charge in [-0.1, -0.05) is 12.1 Å². The second kappa shape index (κ2) is 6.48. The third-order valence-corrected chi connectivity index (χ3v) is 7.03. The summed E-state index contributed by atoms with van der Waals surface area (Å²) in [5, 5.41) is 0. The van der Waals surface area contributed by atoms with Crippen LogP contribution in [0.1, 0.15) is 19.3 Å². The van der Waals surface area contributed by atoms with E-state index >= 15 is 0 Å². The first kappa shape index (κ1) is 16.1. The van der Waals surface area contributed by atoms with Gasteiger partial charge in [0.2, 0.25) is 5.91 Å². The van der Waals surface area contributed by atoms with Crippen LogP contribution in [0.5, 0.6) is 11.5 Å². The van der Waals surface area contributed by atoms with Crippen LogP contribution >= 0.6 is 11.8 Å². The van der Waals surface area contributed by atoms with E-state index in [2.05, 4.69) is 4.90 Å². The van der Waals surface area contributed by atoms with Gasteiger partial charge in [-0.15, -0.1) is 11.8 Å². The summed E-state index contributed by atoms with van der Waals surface area (Å²) in [6.45, 7) is 3.75. The Morgan fingerprint density at radius 3 is 2.71 bits per heavy atom. The molecule has 2 fully saturated rings. The Labute approximate surface area is 147 Å². The zero-order valence-corrected chi connectivity index (χ0v) is 14.9. The molecule has 1 unspecified atom stereocenters. The van der Waals surface area contributed by atoms with Gasteiger partial charge in [-0.2, -0.15) is 0 Å². The van der Waals surface area contributed by atoms with Gasteiger partial charge >= 0.3 is 0 Å². The second-order valence-corrected chi connectivity index (χ2v) is 8.15. The summed E-state index contributed by atoms with van der Waals surface area (Å²) in [5.74, 6) is 2.62. The summed E-state index contributed by atoms with van der Waals surface area (Å²) >= 11 is 1.83. The summed E-state index contributed by atoms with van der Waals surface area (Å²) in [6, 6.07) is 7.86. The van der Waals surface area contributed by atoms with Crippen LogP contribution in [0.25, 0.3) is 0 Å². The molecule has 1 aromatic carbocycles. The number of hydrogen-bond donors (Lipinski definition) is 0. The Bertz CT molecular complexity index is 616. The van der Waals surface area contributed by atoms with E-state index in [1.54, 1.807) is 0 Å². The van der Waals surface area contributed by atoms with Crippen molar-refractivity contribution in [1.82, 2.24) is 9.80 Å². The van der Waals surface area contributed by atoms with Gasteiger partial charge in [0.25, 0.3) is 0 Å². The first-order valence-corrected chi connectivity index (χ1v) is 9.66. The number of likely N-dealkylation sites (tertiary alicyclic amines) is 1. The van der Waals surface area contributed by atoms with Crippen molar-refractivity contribution in [3.8, 4) is 11.5 Å². The molecule has 130 valence electrons. The van der Waals surface area contributed by atoms with Crippen molar-refractivity contribution >= 4 is 17.7 Å². The van der Waals surface area contributed by atoms with Crippen LogP contribution in [0.4, 0.5) is 0 Å². The van der Waals surface area contributed by atoms with E-state index < -0.39 is 0 Å². The summed E-state index contributed by atoms with van der Waals surface area (Å²) in [6.07, 6.45) is 3.22. The SMILES string of the molecule is CN1C(=O)CSC12CCN(CCC1COc3ccccc3O1)CC2. The fourth-order valence-corrected chi connectivity index (χ4v) is 5.11. The molecule has 0 aromatic heterocycles. The molecule has 0 radical (unpaired) electrons. The number of rotatable bonds is 3. The third kappa shape index (κ3) is 2.97. The zero-order valence-electron chi connectivity index (χ0n) is 14.1. The highest BCUT2D eigenvalue weighted by Gasteiger charge is 2.45. The van der Waals surface area contributed by atoms with Crippen molar-refractivity contribution in [3.05, 3.63) is 24.3 Å². The molecule has 1 atom stereocenters. The quantitative estimate of drug-likeness (QED) is 0.838. The van der Waals surface area contributed by atoms with Crippen molar-refractivity contribution in [1.29, 1.82) is 0 Å². The Morgan fingerprint density at radius 2 is 2.00 bits per heavy atom. The Morgan fingerprint density at radius 1 is 1.25 bits per heavy atom. The fourth-order valence-electron chi connectivity index (χ4n) is 3.75. The highest BCUT2D eigenvalue weighted by Crippen LogP contribution is 2.43. The van der Waals surface area contributed by atoms with E-state index in [1.165, 1.54) is 0 Å². The molecule has 0 aliphatic carbocycles. The van der Waals surface area contributed by atoms with Gasteiger partial charge in [0.15, 0.2) is 11.5 Å². The molecule has 24 heavy (non-hydrogen) atoms. The summed E-state index contributed by atoms with van der Waals surface area (Å²) in [4.78, 5) is 16.3. The smallest absolute Gasteiger partial charge is 0.233 e. The highest BCUT2D eigenvalue weighted by molar-refractivity contribution is 8.01. The number of carbonyl (C=O) groups excluding carboxylic acids is 1. The van der Waals surface area contributed by atoms with Crippen LogP contribution in [-0.2, 0) is 4.79 Å². The van der Waals surface area contributed by atoms with E-state index in [-0.39, 0.29) is 16.9 Å². The lowest BCUT2D eigenvalue weighted by Gasteiger charge is -2.42. The molecule has 4 rings (SSSR count). The number of fused-ring (bicyclic) bond motifs is 1. The monoisotopic (exact) mass is 348 g/mol. The predicted molar refractivity (Wildman–Crippen MR) is 94.6 cm³/mol. The largest absolute Gasteiger partial charge is 0.486 e. The topological polar surface area (TPSA) is 42.0 Å². The van der Waals surface area contributed by atoms with Crippen LogP contribution in [0.15, 0.2) is 24.3 Å². The van der Waals surface area contributed by atoms with E-state index in [9.17, 15) is 4.79 Å². The molecule has 3 heterocycles. The minimum absolute atomic E-state index is 0.0526. The molecule has 0 N–H and O–H groups in total. The van der Waals surface area contributed by atoms with Crippen LogP contribution < -0.4 is 9.47 Å². The third-order valence-electron chi connectivity index (χ3n) is 5.42. The lowest BCUT2D eigenvalue weighted by Crippen LogP contribution is -2.50. The first-order valence-electron chi connectivity index (χ1n) is 8.68. The molecular formula is C18H24N2O3S. The molecule has 6 heteroatoms. The van der Waals surface area contributed by atoms with Crippen LogP contribution in [0.2, 0.25) is 0 Å². The minimum Gasteiger partial charge on any atom is -0.486 e. The summed E-state index contributed by atoms with van der Waals surface area (Å²) in [5.41, 5.74) is 0. The average molecular weight is 348 g/mol. The molecule has 1 spiro atoms. The molecule has 0 bridgehead atoms. The van der Waals surface area contributed by atoms with Crippen LogP contribution in [0, 0.1) is 0 Å². The fraction of sp³-hybridized carbons (Fsp3) is 0.611. The Kier molecular flexibility index (Phi) is 4.35. The van der Waals surface area contributed by atoms with Gasteiger partial charge in [0, 0.05) is 33.1 Å². The zero-order chi connectivity index (χ0) is 16.6.